The van der Waals surface area contributed by atoms with Crippen molar-refractivity contribution in [1.82, 2.24) is 5.32 Å². The van der Waals surface area contributed by atoms with E-state index >= 15 is 0 Å². The summed E-state index contributed by atoms with van der Waals surface area (Å²) in [6.45, 7) is 10.4. The first kappa shape index (κ1) is 27.6. The van der Waals surface area contributed by atoms with Crippen LogP contribution >= 0.6 is 0 Å². The third-order valence-corrected chi connectivity index (χ3v) is 6.62. The second kappa shape index (κ2) is 12.0. The van der Waals surface area contributed by atoms with Gasteiger partial charge in [0.05, 0.1) is 7.11 Å². The van der Waals surface area contributed by atoms with Gasteiger partial charge >= 0.3 is 5.97 Å². The molecule has 1 aliphatic carbocycles. The fourth-order valence-electron chi connectivity index (χ4n) is 3.55. The quantitative estimate of drug-likeness (QED) is 0.286. The molecule has 0 spiro atoms. The molecule has 0 unspecified atom stereocenters. The zero-order chi connectivity index (χ0) is 24.5. The molecular formula is C24H35NO6S. The second-order valence-corrected chi connectivity index (χ2v) is 10.5. The molecule has 1 aliphatic rings. The van der Waals surface area contributed by atoms with E-state index in [-0.39, 0.29) is 5.41 Å². The number of hydrogen-bond acceptors (Lipinski definition) is 5. The monoisotopic (exact) mass is 465 g/mol. The lowest BCUT2D eigenvalue weighted by Gasteiger charge is -2.32. The highest BCUT2D eigenvalue weighted by molar-refractivity contribution is 7.86. The Kier molecular flexibility index (Phi) is 10.3. The van der Waals surface area contributed by atoms with Crippen LogP contribution in [0.3, 0.4) is 0 Å². The number of carbonyl (C=O) groups excluding carboxylic acids is 1. The van der Waals surface area contributed by atoms with E-state index in [1.54, 1.807) is 19.1 Å². The SMILES string of the molecule is COS(=O)(=O)C[C@H](NC(=O)C=C(C)C=CC=C(C)C=CC1=C(C)CCCC1(C)C)C(=O)O. The van der Waals surface area contributed by atoms with Gasteiger partial charge in [-0.2, -0.15) is 8.42 Å². The van der Waals surface area contributed by atoms with E-state index in [1.807, 2.05) is 13.0 Å². The van der Waals surface area contributed by atoms with Crippen LogP contribution in [-0.4, -0.2) is 44.3 Å². The van der Waals surface area contributed by atoms with E-state index in [0.717, 1.165) is 19.1 Å². The predicted octanol–water partition coefficient (Wildman–Crippen LogP) is 4.06. The van der Waals surface area contributed by atoms with Gasteiger partial charge < -0.3 is 10.4 Å². The molecule has 0 heterocycles. The maximum atomic E-state index is 12.1. The molecule has 1 atom stereocenters. The van der Waals surface area contributed by atoms with Crippen molar-refractivity contribution in [2.45, 2.75) is 59.9 Å². The van der Waals surface area contributed by atoms with Crippen LogP contribution in [0.4, 0.5) is 0 Å². The zero-order valence-corrected chi connectivity index (χ0v) is 20.6. The molecule has 7 nitrogen and oxygen atoms in total. The molecule has 2 N–H and O–H groups in total. The molecule has 0 saturated carbocycles. The highest BCUT2D eigenvalue weighted by Gasteiger charge is 2.27. The minimum absolute atomic E-state index is 0.179. The first-order valence-corrected chi connectivity index (χ1v) is 12.1. The third kappa shape index (κ3) is 9.36. The summed E-state index contributed by atoms with van der Waals surface area (Å²) in [5.41, 5.74) is 4.63. The zero-order valence-electron chi connectivity index (χ0n) is 19.8. The first-order chi connectivity index (χ1) is 14.8. The minimum atomic E-state index is -4.03. The van der Waals surface area contributed by atoms with E-state index in [1.165, 1.54) is 30.1 Å². The number of carbonyl (C=O) groups is 2. The summed E-state index contributed by atoms with van der Waals surface area (Å²) in [5, 5.41) is 11.3. The normalized spacial score (nSPS) is 18.9. The predicted molar refractivity (Wildman–Crippen MR) is 126 cm³/mol. The van der Waals surface area contributed by atoms with Gasteiger partial charge in [0, 0.05) is 6.08 Å². The van der Waals surface area contributed by atoms with Gasteiger partial charge in [0.25, 0.3) is 10.1 Å². The Morgan fingerprint density at radius 2 is 1.88 bits per heavy atom. The number of carboxylic acids is 1. The highest BCUT2D eigenvalue weighted by atomic mass is 32.2. The number of rotatable bonds is 10. The molecule has 0 saturated heterocycles. The molecule has 0 aromatic carbocycles. The highest BCUT2D eigenvalue weighted by Crippen LogP contribution is 2.40. The Morgan fingerprint density at radius 1 is 1.22 bits per heavy atom. The van der Waals surface area contributed by atoms with E-state index in [9.17, 15) is 18.0 Å². The fourth-order valence-corrected chi connectivity index (χ4v) is 4.32. The first-order valence-electron chi connectivity index (χ1n) is 10.5. The molecule has 0 aromatic heterocycles. The van der Waals surface area contributed by atoms with Crippen molar-refractivity contribution >= 4 is 22.0 Å². The Labute approximate surface area is 191 Å². The number of carboxylic acid groups (broad SMARTS) is 1. The summed E-state index contributed by atoms with van der Waals surface area (Å²) in [6, 6.07) is -1.60. The minimum Gasteiger partial charge on any atom is -0.480 e. The van der Waals surface area contributed by atoms with Gasteiger partial charge in [0.1, 0.15) is 11.8 Å². The van der Waals surface area contributed by atoms with Gasteiger partial charge in [-0.3, -0.25) is 8.98 Å². The lowest BCUT2D eigenvalue weighted by molar-refractivity contribution is -0.140. The molecule has 32 heavy (non-hydrogen) atoms. The molecule has 8 heteroatoms. The Morgan fingerprint density at radius 3 is 2.44 bits per heavy atom. The average Bonchev–Trinajstić information content (AvgIpc) is 2.66. The van der Waals surface area contributed by atoms with Gasteiger partial charge in [0.15, 0.2) is 0 Å². The topological polar surface area (TPSA) is 110 Å². The number of nitrogens with one attached hydrogen (secondary N) is 1. The molecular weight excluding hydrogens is 430 g/mol. The molecule has 0 aliphatic heterocycles. The molecule has 0 fully saturated rings. The van der Waals surface area contributed by atoms with E-state index < -0.39 is 33.8 Å². The van der Waals surface area contributed by atoms with Crippen LogP contribution in [0.5, 0.6) is 0 Å². The van der Waals surface area contributed by atoms with E-state index in [4.69, 9.17) is 5.11 Å². The van der Waals surface area contributed by atoms with E-state index in [2.05, 4.69) is 42.4 Å². The Balaban J connectivity index is 2.78. The van der Waals surface area contributed by atoms with Gasteiger partial charge in [-0.25, -0.2) is 4.79 Å². The number of amides is 1. The third-order valence-electron chi connectivity index (χ3n) is 5.37. The number of hydrogen-bond donors (Lipinski definition) is 2. The molecule has 1 rings (SSSR count). The Bertz CT molecular complexity index is 964. The second-order valence-electron chi connectivity index (χ2n) is 8.71. The fraction of sp³-hybridized carbons (Fsp3) is 0.500. The maximum Gasteiger partial charge on any atom is 0.327 e. The van der Waals surface area contributed by atoms with Crippen LogP contribution in [0.15, 0.2) is 58.7 Å². The summed E-state index contributed by atoms with van der Waals surface area (Å²) in [6.07, 6.45) is 14.5. The van der Waals surface area contributed by atoms with Crippen LogP contribution in [0, 0.1) is 5.41 Å². The van der Waals surface area contributed by atoms with Crippen molar-refractivity contribution in [3.8, 4) is 0 Å². The smallest absolute Gasteiger partial charge is 0.327 e. The summed E-state index contributed by atoms with van der Waals surface area (Å²) in [5.74, 6) is -3.01. The van der Waals surface area contributed by atoms with Crippen molar-refractivity contribution in [3.05, 3.63) is 58.7 Å². The van der Waals surface area contributed by atoms with Crippen LogP contribution in [-0.2, 0) is 23.9 Å². The maximum absolute atomic E-state index is 12.1. The lowest BCUT2D eigenvalue weighted by Crippen LogP contribution is -2.45. The molecule has 178 valence electrons. The van der Waals surface area contributed by atoms with Crippen molar-refractivity contribution in [3.63, 3.8) is 0 Å². The van der Waals surface area contributed by atoms with Gasteiger partial charge in [-0.15, -0.1) is 0 Å². The summed E-state index contributed by atoms with van der Waals surface area (Å²) in [4.78, 5) is 23.3. The Hall–Kier alpha value is -2.45. The van der Waals surface area contributed by atoms with Gasteiger partial charge in [-0.1, -0.05) is 55.4 Å². The van der Waals surface area contributed by atoms with Crippen LogP contribution in [0.25, 0.3) is 0 Å². The van der Waals surface area contributed by atoms with Crippen molar-refractivity contribution in [1.29, 1.82) is 0 Å². The lowest BCUT2D eigenvalue weighted by atomic mass is 9.72. The summed E-state index contributed by atoms with van der Waals surface area (Å²) < 4.78 is 27.2. The molecule has 1 amide bonds. The van der Waals surface area contributed by atoms with Gasteiger partial charge in [-0.05, 0) is 56.6 Å². The summed E-state index contributed by atoms with van der Waals surface area (Å²) >= 11 is 0. The van der Waals surface area contributed by atoms with Crippen LogP contribution < -0.4 is 5.32 Å². The number of aliphatic carboxylic acids is 1. The molecule has 0 radical (unpaired) electrons. The van der Waals surface area contributed by atoms with E-state index in [0.29, 0.717) is 5.57 Å². The van der Waals surface area contributed by atoms with Gasteiger partial charge in [0.2, 0.25) is 5.91 Å². The van der Waals surface area contributed by atoms with Crippen molar-refractivity contribution in [2.75, 3.05) is 12.9 Å². The number of allylic oxidation sites excluding steroid dienone is 9. The van der Waals surface area contributed by atoms with Crippen LogP contribution in [0.1, 0.15) is 53.9 Å². The largest absolute Gasteiger partial charge is 0.480 e. The standard InChI is InChI=1S/C24H35NO6S/c1-17(12-13-20-19(3)11-8-14-24(20,4)5)9-7-10-18(2)15-22(26)25-21(23(27)28)16-32(29,30)31-6/h7,9-10,12-13,15,21H,8,11,14,16H2,1-6H3,(H,25,26)(H,27,28)/t21-/m0/s1. The van der Waals surface area contributed by atoms with Crippen molar-refractivity contribution in [2.24, 2.45) is 5.41 Å². The molecule has 0 bridgehead atoms. The summed E-state index contributed by atoms with van der Waals surface area (Å²) in [7, 11) is -3.10. The molecule has 0 aromatic rings. The average molecular weight is 466 g/mol. The van der Waals surface area contributed by atoms with Crippen molar-refractivity contribution < 1.29 is 27.3 Å². The van der Waals surface area contributed by atoms with Crippen LogP contribution in [0.2, 0.25) is 0 Å².